The lowest BCUT2D eigenvalue weighted by molar-refractivity contribution is -0.174. The summed E-state index contributed by atoms with van der Waals surface area (Å²) in [5.41, 5.74) is 3.17. The number of ether oxygens (including phenoxy) is 2. The molecule has 0 fully saturated rings. The number of aromatic nitrogens is 2. The Labute approximate surface area is 108 Å². The zero-order valence-corrected chi connectivity index (χ0v) is 10.7. The van der Waals surface area contributed by atoms with E-state index in [9.17, 15) is 13.2 Å². The van der Waals surface area contributed by atoms with Crippen molar-refractivity contribution in [1.29, 1.82) is 0 Å². The van der Waals surface area contributed by atoms with Crippen LogP contribution in [0.25, 0.3) is 0 Å². The number of aryl methyl sites for hydroxylation is 1. The summed E-state index contributed by atoms with van der Waals surface area (Å²) in [6.07, 6.45) is -2.55. The fourth-order valence-electron chi connectivity index (χ4n) is 1.67. The predicted molar refractivity (Wildman–Crippen MR) is 61.3 cm³/mol. The van der Waals surface area contributed by atoms with Gasteiger partial charge in [0.25, 0.3) is 0 Å². The van der Waals surface area contributed by atoms with Crippen molar-refractivity contribution in [2.24, 2.45) is 12.9 Å². The van der Waals surface area contributed by atoms with Gasteiger partial charge in [-0.1, -0.05) is 0 Å². The number of hydrazine groups is 1. The van der Waals surface area contributed by atoms with E-state index in [-0.39, 0.29) is 13.0 Å². The quantitative estimate of drug-likeness (QED) is 0.441. The monoisotopic (exact) mass is 282 g/mol. The van der Waals surface area contributed by atoms with E-state index in [1.165, 1.54) is 13.3 Å². The molecule has 0 aromatic carbocycles. The Bertz CT molecular complexity index is 395. The second kappa shape index (κ2) is 6.73. The normalized spacial score (nSPS) is 13.6. The SMILES string of the molecule is COc1cnn(C)c1C(CCOCC(F)(F)F)NN. The first kappa shape index (κ1) is 15.7. The van der Waals surface area contributed by atoms with Crippen LogP contribution in [0.4, 0.5) is 13.2 Å². The number of nitrogens with one attached hydrogen (secondary N) is 1. The maximum absolute atomic E-state index is 11.9. The summed E-state index contributed by atoms with van der Waals surface area (Å²) in [6.45, 7) is -1.35. The van der Waals surface area contributed by atoms with Crippen molar-refractivity contribution in [3.05, 3.63) is 11.9 Å². The van der Waals surface area contributed by atoms with Crippen LogP contribution in [-0.2, 0) is 11.8 Å². The molecule has 6 nitrogen and oxygen atoms in total. The van der Waals surface area contributed by atoms with Gasteiger partial charge in [0.2, 0.25) is 0 Å². The van der Waals surface area contributed by atoms with E-state index in [1.807, 2.05) is 0 Å². The minimum atomic E-state index is -4.32. The fraction of sp³-hybridized carbons (Fsp3) is 0.700. The first-order chi connectivity index (χ1) is 8.89. The molecule has 3 N–H and O–H groups in total. The summed E-state index contributed by atoms with van der Waals surface area (Å²) in [6, 6.07) is -0.407. The van der Waals surface area contributed by atoms with Crippen LogP contribution in [-0.4, -0.2) is 36.3 Å². The molecule has 19 heavy (non-hydrogen) atoms. The molecule has 0 saturated heterocycles. The van der Waals surface area contributed by atoms with Crippen LogP contribution in [0.2, 0.25) is 0 Å². The zero-order chi connectivity index (χ0) is 14.5. The van der Waals surface area contributed by atoms with Gasteiger partial charge in [0, 0.05) is 13.7 Å². The van der Waals surface area contributed by atoms with E-state index in [0.29, 0.717) is 11.4 Å². The van der Waals surface area contributed by atoms with Crippen molar-refractivity contribution in [1.82, 2.24) is 15.2 Å². The molecule has 1 aromatic heterocycles. The summed E-state index contributed by atoms with van der Waals surface area (Å²) in [7, 11) is 3.17. The Hall–Kier alpha value is -1.32. The largest absolute Gasteiger partial charge is 0.493 e. The molecule has 0 radical (unpaired) electrons. The molecule has 1 aromatic rings. The molecule has 1 heterocycles. The highest BCUT2D eigenvalue weighted by Gasteiger charge is 2.27. The van der Waals surface area contributed by atoms with E-state index < -0.39 is 18.8 Å². The Morgan fingerprint density at radius 2 is 2.21 bits per heavy atom. The fourth-order valence-corrected chi connectivity index (χ4v) is 1.67. The van der Waals surface area contributed by atoms with Crippen molar-refractivity contribution in [3.8, 4) is 5.75 Å². The molecule has 0 saturated carbocycles. The van der Waals surface area contributed by atoms with Crippen molar-refractivity contribution in [2.75, 3.05) is 20.3 Å². The van der Waals surface area contributed by atoms with Gasteiger partial charge in [-0.3, -0.25) is 16.0 Å². The third-order valence-electron chi connectivity index (χ3n) is 2.52. The topological polar surface area (TPSA) is 74.3 Å². The molecule has 0 amide bonds. The molecule has 1 rings (SSSR count). The molecule has 0 aliphatic heterocycles. The molecular weight excluding hydrogens is 265 g/mol. The average molecular weight is 282 g/mol. The molecule has 110 valence electrons. The lowest BCUT2D eigenvalue weighted by Gasteiger charge is -2.18. The molecule has 1 atom stereocenters. The summed E-state index contributed by atoms with van der Waals surface area (Å²) < 4.78 is 47.0. The zero-order valence-electron chi connectivity index (χ0n) is 10.7. The maximum atomic E-state index is 11.9. The highest BCUT2D eigenvalue weighted by molar-refractivity contribution is 5.28. The number of nitrogens with two attached hydrogens (primary N) is 1. The Kier molecular flexibility index (Phi) is 5.58. The minimum Gasteiger partial charge on any atom is -0.493 e. The minimum absolute atomic E-state index is 0.0806. The third kappa shape index (κ3) is 4.69. The smallest absolute Gasteiger partial charge is 0.411 e. The molecule has 0 aliphatic carbocycles. The van der Waals surface area contributed by atoms with Crippen LogP contribution in [0, 0.1) is 0 Å². The number of methoxy groups -OCH3 is 1. The molecule has 1 unspecified atom stereocenters. The summed E-state index contributed by atoms with van der Waals surface area (Å²) >= 11 is 0. The third-order valence-corrected chi connectivity index (χ3v) is 2.52. The second-order valence-corrected chi connectivity index (χ2v) is 3.90. The van der Waals surface area contributed by atoms with Gasteiger partial charge in [-0.2, -0.15) is 18.3 Å². The van der Waals surface area contributed by atoms with Crippen LogP contribution in [0.1, 0.15) is 18.2 Å². The number of nitrogens with zero attached hydrogens (tertiary/aromatic N) is 2. The summed E-state index contributed by atoms with van der Waals surface area (Å²) in [4.78, 5) is 0. The van der Waals surface area contributed by atoms with E-state index >= 15 is 0 Å². The number of alkyl halides is 3. The van der Waals surface area contributed by atoms with Crippen LogP contribution >= 0.6 is 0 Å². The van der Waals surface area contributed by atoms with E-state index in [0.717, 1.165) is 0 Å². The Morgan fingerprint density at radius 1 is 1.53 bits per heavy atom. The highest BCUT2D eigenvalue weighted by Crippen LogP contribution is 2.26. The van der Waals surface area contributed by atoms with Crippen LogP contribution in [0.3, 0.4) is 0 Å². The van der Waals surface area contributed by atoms with Gasteiger partial charge >= 0.3 is 6.18 Å². The van der Waals surface area contributed by atoms with Crippen LogP contribution in [0.15, 0.2) is 6.20 Å². The first-order valence-corrected chi connectivity index (χ1v) is 5.55. The molecular formula is C10H17F3N4O2. The predicted octanol–water partition coefficient (Wildman–Crippen LogP) is 0.902. The summed E-state index contributed by atoms with van der Waals surface area (Å²) in [5, 5.41) is 4.00. The summed E-state index contributed by atoms with van der Waals surface area (Å²) in [5.74, 6) is 5.92. The van der Waals surface area contributed by atoms with Gasteiger partial charge in [-0.05, 0) is 6.42 Å². The van der Waals surface area contributed by atoms with E-state index in [1.54, 1.807) is 11.7 Å². The lowest BCUT2D eigenvalue weighted by Crippen LogP contribution is -2.31. The average Bonchev–Trinajstić information content (AvgIpc) is 2.70. The first-order valence-electron chi connectivity index (χ1n) is 5.55. The molecule has 0 bridgehead atoms. The number of halogens is 3. The van der Waals surface area contributed by atoms with Crippen molar-refractivity contribution in [2.45, 2.75) is 18.6 Å². The number of hydrogen-bond donors (Lipinski definition) is 2. The Morgan fingerprint density at radius 3 is 2.74 bits per heavy atom. The highest BCUT2D eigenvalue weighted by atomic mass is 19.4. The number of rotatable bonds is 7. The van der Waals surface area contributed by atoms with Crippen molar-refractivity contribution < 1.29 is 22.6 Å². The van der Waals surface area contributed by atoms with Gasteiger partial charge < -0.3 is 9.47 Å². The Balaban J connectivity index is 2.56. The van der Waals surface area contributed by atoms with E-state index in [4.69, 9.17) is 10.6 Å². The molecule has 0 aliphatic rings. The van der Waals surface area contributed by atoms with Gasteiger partial charge in [-0.25, -0.2) is 0 Å². The van der Waals surface area contributed by atoms with Gasteiger partial charge in [0.15, 0.2) is 5.75 Å². The standard InChI is InChI=1S/C10H17F3N4O2/c1-17-9(8(18-2)5-15-17)7(16-14)3-4-19-6-10(11,12)13/h5,7,16H,3-4,6,14H2,1-2H3. The van der Waals surface area contributed by atoms with E-state index in [2.05, 4.69) is 15.3 Å². The van der Waals surface area contributed by atoms with Crippen molar-refractivity contribution in [3.63, 3.8) is 0 Å². The second-order valence-electron chi connectivity index (χ2n) is 3.90. The van der Waals surface area contributed by atoms with Crippen LogP contribution < -0.4 is 16.0 Å². The molecule has 0 spiro atoms. The van der Waals surface area contributed by atoms with Gasteiger partial charge in [0.1, 0.15) is 6.61 Å². The maximum Gasteiger partial charge on any atom is 0.411 e. The number of hydrogen-bond acceptors (Lipinski definition) is 5. The van der Waals surface area contributed by atoms with Gasteiger partial charge in [0.05, 0.1) is 25.0 Å². The van der Waals surface area contributed by atoms with Gasteiger partial charge in [-0.15, -0.1) is 0 Å². The molecule has 9 heteroatoms. The lowest BCUT2D eigenvalue weighted by atomic mass is 10.1. The van der Waals surface area contributed by atoms with Crippen LogP contribution in [0.5, 0.6) is 5.75 Å². The van der Waals surface area contributed by atoms with Crippen molar-refractivity contribution >= 4 is 0 Å².